The molecular weight excluding hydrogens is 204 g/mol. The second-order valence-corrected chi connectivity index (χ2v) is 2.19. The molecule has 1 aromatic heterocycles. The molecule has 0 bridgehead atoms. The Hall–Kier alpha value is -2.44. The predicted molar refractivity (Wildman–Crippen MR) is 49.7 cm³/mol. The number of aliphatic carboxylic acids is 1. The number of rotatable bonds is 2. The van der Waals surface area contributed by atoms with Gasteiger partial charge in [-0.2, -0.15) is 0 Å². The summed E-state index contributed by atoms with van der Waals surface area (Å²) >= 11 is 0. The molecule has 0 unspecified atom stereocenters. The molecule has 1 aromatic rings. The zero-order chi connectivity index (χ0) is 11.7. The first-order valence-corrected chi connectivity index (χ1v) is 3.66. The van der Waals surface area contributed by atoms with E-state index in [1.807, 2.05) is 0 Å². The van der Waals surface area contributed by atoms with Gasteiger partial charge in [0.1, 0.15) is 0 Å². The fourth-order valence-electron chi connectivity index (χ4n) is 0.642. The predicted octanol–water partition coefficient (Wildman–Crippen LogP) is 0.832. The smallest absolute Gasteiger partial charge is 0.328 e. The molecule has 80 valence electrons. The third-order valence-electron chi connectivity index (χ3n) is 1.12. The van der Waals surface area contributed by atoms with Gasteiger partial charge in [-0.15, -0.1) is 10.1 Å². The average molecular weight is 212 g/mol. The highest BCUT2D eigenvalue weighted by atomic mass is 16.9. The van der Waals surface area contributed by atoms with Gasteiger partial charge in [0, 0.05) is 18.5 Å². The maximum absolute atomic E-state index is 10.1. The molecule has 1 heterocycles. The lowest BCUT2D eigenvalue weighted by Crippen LogP contribution is -1.85. The van der Waals surface area contributed by atoms with E-state index >= 15 is 0 Å². The number of nitrogens with zero attached hydrogens (tertiary/aromatic N) is 2. The molecule has 0 saturated heterocycles. The highest BCUT2D eigenvalue weighted by molar-refractivity contribution is 5.85. The SMILES string of the molecule is O=C(O)/C=C/c1ccncc1.O=[N+]([O-])O. The van der Waals surface area contributed by atoms with Crippen LogP contribution in [0.1, 0.15) is 5.56 Å². The normalized spacial score (nSPS) is 9.07. The Morgan fingerprint density at radius 3 is 2.33 bits per heavy atom. The molecule has 0 aromatic carbocycles. The topological polar surface area (TPSA) is 114 Å². The molecule has 0 aliphatic carbocycles. The van der Waals surface area contributed by atoms with E-state index in [9.17, 15) is 4.79 Å². The highest BCUT2D eigenvalue weighted by Crippen LogP contribution is 1.97. The van der Waals surface area contributed by atoms with Crippen LogP contribution in [-0.2, 0) is 4.79 Å². The van der Waals surface area contributed by atoms with Crippen LogP contribution < -0.4 is 0 Å². The number of hydrogen-bond acceptors (Lipinski definition) is 4. The Kier molecular flexibility index (Phi) is 5.87. The van der Waals surface area contributed by atoms with Crippen molar-refractivity contribution in [3.05, 3.63) is 46.3 Å². The Balaban J connectivity index is 0.000000423. The molecule has 0 fully saturated rings. The van der Waals surface area contributed by atoms with Crippen molar-refractivity contribution in [1.82, 2.24) is 4.98 Å². The van der Waals surface area contributed by atoms with Crippen molar-refractivity contribution in [1.29, 1.82) is 0 Å². The van der Waals surface area contributed by atoms with Crippen LogP contribution in [0, 0.1) is 10.1 Å². The number of carbonyl (C=O) groups is 1. The number of aromatic nitrogens is 1. The first-order chi connectivity index (χ1) is 7.02. The number of carboxylic acids is 1. The molecule has 0 aliphatic rings. The zero-order valence-corrected chi connectivity index (χ0v) is 7.48. The first-order valence-electron chi connectivity index (χ1n) is 3.66. The number of carboxylic acid groups (broad SMARTS) is 1. The van der Waals surface area contributed by atoms with E-state index in [0.717, 1.165) is 11.6 Å². The van der Waals surface area contributed by atoms with Gasteiger partial charge in [0.15, 0.2) is 0 Å². The van der Waals surface area contributed by atoms with E-state index in [4.69, 9.17) is 20.4 Å². The summed E-state index contributed by atoms with van der Waals surface area (Å²) in [6.45, 7) is 0. The summed E-state index contributed by atoms with van der Waals surface area (Å²) in [5, 5.41) is 21.9. The first kappa shape index (κ1) is 12.6. The third-order valence-corrected chi connectivity index (χ3v) is 1.12. The van der Waals surface area contributed by atoms with Gasteiger partial charge < -0.3 is 10.3 Å². The number of pyridine rings is 1. The summed E-state index contributed by atoms with van der Waals surface area (Å²) in [5.74, 6) is -0.943. The van der Waals surface area contributed by atoms with Crippen LogP contribution in [0.3, 0.4) is 0 Å². The lowest BCUT2D eigenvalue weighted by atomic mass is 10.2. The average Bonchev–Trinajstić information content (AvgIpc) is 2.15. The van der Waals surface area contributed by atoms with Crippen LogP contribution in [0.2, 0.25) is 0 Å². The van der Waals surface area contributed by atoms with Crippen LogP contribution in [0.15, 0.2) is 30.6 Å². The Bertz CT molecular complexity index is 345. The summed E-state index contributed by atoms with van der Waals surface area (Å²) in [4.78, 5) is 22.2. The van der Waals surface area contributed by atoms with Gasteiger partial charge in [-0.25, -0.2) is 4.79 Å². The summed E-state index contributed by atoms with van der Waals surface area (Å²) < 4.78 is 0. The Morgan fingerprint density at radius 2 is 1.93 bits per heavy atom. The van der Waals surface area contributed by atoms with Crippen molar-refractivity contribution >= 4 is 12.0 Å². The van der Waals surface area contributed by atoms with Crippen molar-refractivity contribution in [2.45, 2.75) is 0 Å². The standard InChI is InChI=1S/C8H7NO2.HNO3/c10-8(11)2-1-7-3-5-9-6-4-7;2-1(3)4/h1-6H,(H,10,11);(H,2,3,4)/b2-1+;. The highest BCUT2D eigenvalue weighted by Gasteiger charge is 1.86. The quantitative estimate of drug-likeness (QED) is 0.426. The molecule has 0 spiro atoms. The van der Waals surface area contributed by atoms with Crippen molar-refractivity contribution in [3.63, 3.8) is 0 Å². The lowest BCUT2D eigenvalue weighted by Gasteiger charge is -1.87. The molecule has 7 heteroatoms. The maximum atomic E-state index is 10.1. The lowest BCUT2D eigenvalue weighted by molar-refractivity contribution is -0.742. The van der Waals surface area contributed by atoms with Crippen molar-refractivity contribution in [2.24, 2.45) is 0 Å². The fourth-order valence-corrected chi connectivity index (χ4v) is 0.642. The van der Waals surface area contributed by atoms with Gasteiger partial charge in [0.2, 0.25) is 0 Å². The minimum absolute atomic E-state index is 0.836. The van der Waals surface area contributed by atoms with E-state index in [-0.39, 0.29) is 0 Å². The van der Waals surface area contributed by atoms with Gasteiger partial charge >= 0.3 is 5.97 Å². The van der Waals surface area contributed by atoms with Gasteiger partial charge in [0.25, 0.3) is 5.09 Å². The minimum Gasteiger partial charge on any atom is -0.478 e. The van der Waals surface area contributed by atoms with Crippen LogP contribution >= 0.6 is 0 Å². The molecule has 0 atom stereocenters. The molecule has 7 nitrogen and oxygen atoms in total. The van der Waals surface area contributed by atoms with E-state index in [1.54, 1.807) is 24.5 Å². The van der Waals surface area contributed by atoms with Crippen LogP contribution in [0.4, 0.5) is 0 Å². The molecule has 1 rings (SSSR count). The minimum atomic E-state index is -1.50. The largest absolute Gasteiger partial charge is 0.478 e. The van der Waals surface area contributed by atoms with Gasteiger partial charge in [-0.1, -0.05) is 0 Å². The molecule has 2 N–H and O–H groups in total. The summed E-state index contributed by atoms with van der Waals surface area (Å²) in [5.41, 5.74) is 0.836. The zero-order valence-electron chi connectivity index (χ0n) is 7.48. The summed E-state index contributed by atoms with van der Waals surface area (Å²) in [6, 6.07) is 3.47. The monoisotopic (exact) mass is 212 g/mol. The van der Waals surface area contributed by atoms with Crippen molar-refractivity contribution in [3.8, 4) is 0 Å². The number of hydrogen-bond donors (Lipinski definition) is 2. The van der Waals surface area contributed by atoms with Crippen LogP contribution in [-0.4, -0.2) is 26.4 Å². The van der Waals surface area contributed by atoms with E-state index in [1.165, 1.54) is 6.08 Å². The maximum Gasteiger partial charge on any atom is 0.328 e. The Labute approximate surface area is 84.4 Å². The second-order valence-electron chi connectivity index (χ2n) is 2.19. The molecule has 0 aliphatic heterocycles. The second kappa shape index (κ2) is 7.01. The molecule has 0 radical (unpaired) electrons. The van der Waals surface area contributed by atoms with Gasteiger partial charge in [0.05, 0.1) is 0 Å². The summed E-state index contributed by atoms with van der Waals surface area (Å²) in [6.07, 6.45) is 5.84. The van der Waals surface area contributed by atoms with E-state index in [0.29, 0.717) is 0 Å². The molecule has 0 amide bonds. The van der Waals surface area contributed by atoms with Crippen molar-refractivity contribution in [2.75, 3.05) is 0 Å². The summed E-state index contributed by atoms with van der Waals surface area (Å²) in [7, 11) is 0. The van der Waals surface area contributed by atoms with Crippen LogP contribution in [0.5, 0.6) is 0 Å². The van der Waals surface area contributed by atoms with Gasteiger partial charge in [-0.3, -0.25) is 4.98 Å². The molecule has 15 heavy (non-hydrogen) atoms. The third kappa shape index (κ3) is 9.47. The Morgan fingerprint density at radius 1 is 1.47 bits per heavy atom. The van der Waals surface area contributed by atoms with E-state index < -0.39 is 11.1 Å². The van der Waals surface area contributed by atoms with Crippen molar-refractivity contribution < 1.29 is 20.2 Å². The molecular formula is C8H8N2O5. The molecule has 0 saturated carbocycles. The van der Waals surface area contributed by atoms with E-state index in [2.05, 4.69) is 4.98 Å². The van der Waals surface area contributed by atoms with Crippen LogP contribution in [0.25, 0.3) is 6.08 Å². The van der Waals surface area contributed by atoms with Gasteiger partial charge in [-0.05, 0) is 23.8 Å². The fraction of sp³-hybridized carbons (Fsp3) is 0.